The SMILES string of the molecule is CCc1c(CNC(C)(C)C)sc2cc(C)c(C)cc12. The van der Waals surface area contributed by atoms with Crippen molar-refractivity contribution in [1.29, 1.82) is 0 Å². The van der Waals surface area contributed by atoms with Crippen LogP contribution in [-0.2, 0) is 13.0 Å². The molecule has 0 saturated carbocycles. The number of aryl methyl sites for hydroxylation is 3. The molecule has 0 aliphatic heterocycles. The highest BCUT2D eigenvalue weighted by Crippen LogP contribution is 2.34. The van der Waals surface area contributed by atoms with E-state index >= 15 is 0 Å². The predicted octanol–water partition coefficient (Wildman–Crippen LogP) is 4.97. The molecule has 1 N–H and O–H groups in total. The molecule has 0 amide bonds. The summed E-state index contributed by atoms with van der Waals surface area (Å²) < 4.78 is 1.44. The van der Waals surface area contributed by atoms with Gasteiger partial charge in [-0.05, 0) is 69.2 Å². The minimum Gasteiger partial charge on any atom is -0.307 e. The number of benzene rings is 1. The Balaban J connectivity index is 2.44. The summed E-state index contributed by atoms with van der Waals surface area (Å²) in [7, 11) is 0. The molecule has 1 aromatic heterocycles. The average Bonchev–Trinajstić information content (AvgIpc) is 2.63. The molecule has 0 fully saturated rings. The number of hydrogen-bond donors (Lipinski definition) is 1. The highest BCUT2D eigenvalue weighted by molar-refractivity contribution is 7.19. The van der Waals surface area contributed by atoms with Crippen LogP contribution in [0.2, 0.25) is 0 Å². The molecule has 0 atom stereocenters. The molecule has 0 radical (unpaired) electrons. The molecule has 0 bridgehead atoms. The van der Waals surface area contributed by atoms with Crippen LogP contribution in [0.3, 0.4) is 0 Å². The molecule has 0 unspecified atom stereocenters. The van der Waals surface area contributed by atoms with E-state index in [4.69, 9.17) is 0 Å². The molecule has 0 spiro atoms. The average molecular weight is 275 g/mol. The van der Waals surface area contributed by atoms with E-state index in [2.05, 4.69) is 59.0 Å². The molecular weight excluding hydrogens is 250 g/mol. The minimum atomic E-state index is 0.174. The summed E-state index contributed by atoms with van der Waals surface area (Å²) in [5.41, 5.74) is 4.49. The minimum absolute atomic E-state index is 0.174. The van der Waals surface area contributed by atoms with Crippen LogP contribution >= 0.6 is 11.3 Å². The maximum absolute atomic E-state index is 3.61. The van der Waals surface area contributed by atoms with Gasteiger partial charge >= 0.3 is 0 Å². The van der Waals surface area contributed by atoms with Crippen molar-refractivity contribution >= 4 is 21.4 Å². The normalized spacial score (nSPS) is 12.3. The second-order valence-corrected chi connectivity index (χ2v) is 7.53. The lowest BCUT2D eigenvalue weighted by molar-refractivity contribution is 0.426. The molecule has 1 heterocycles. The summed E-state index contributed by atoms with van der Waals surface area (Å²) in [4.78, 5) is 1.50. The van der Waals surface area contributed by atoms with Crippen LogP contribution in [0.4, 0.5) is 0 Å². The largest absolute Gasteiger partial charge is 0.307 e. The van der Waals surface area contributed by atoms with Crippen molar-refractivity contribution in [2.75, 3.05) is 0 Å². The lowest BCUT2D eigenvalue weighted by Crippen LogP contribution is -2.35. The first-order chi connectivity index (χ1) is 8.81. The van der Waals surface area contributed by atoms with Crippen molar-refractivity contribution in [3.63, 3.8) is 0 Å². The summed E-state index contributed by atoms with van der Waals surface area (Å²) in [6, 6.07) is 4.70. The Morgan fingerprint density at radius 3 is 2.32 bits per heavy atom. The van der Waals surface area contributed by atoms with Gasteiger partial charge < -0.3 is 5.32 Å². The molecule has 1 nitrogen and oxygen atoms in total. The topological polar surface area (TPSA) is 12.0 Å². The fraction of sp³-hybridized carbons (Fsp3) is 0.529. The third-order valence-corrected chi connectivity index (χ3v) is 4.82. The van der Waals surface area contributed by atoms with Crippen molar-refractivity contribution in [2.24, 2.45) is 0 Å². The number of hydrogen-bond acceptors (Lipinski definition) is 2. The van der Waals surface area contributed by atoms with Gasteiger partial charge in [0.2, 0.25) is 0 Å². The van der Waals surface area contributed by atoms with Gasteiger partial charge in [0, 0.05) is 21.7 Å². The van der Waals surface area contributed by atoms with Crippen molar-refractivity contribution in [3.05, 3.63) is 33.7 Å². The lowest BCUT2D eigenvalue weighted by Gasteiger charge is -2.20. The molecule has 0 saturated heterocycles. The van der Waals surface area contributed by atoms with Crippen LogP contribution in [-0.4, -0.2) is 5.54 Å². The Bertz CT molecular complexity index is 587. The quantitative estimate of drug-likeness (QED) is 0.834. The number of thiophene rings is 1. The number of nitrogens with one attached hydrogen (secondary N) is 1. The summed E-state index contributed by atoms with van der Waals surface area (Å²) in [6.45, 7) is 14.3. The van der Waals surface area contributed by atoms with Gasteiger partial charge in [-0.25, -0.2) is 0 Å². The fourth-order valence-corrected chi connectivity index (χ4v) is 3.65. The van der Waals surface area contributed by atoms with E-state index in [9.17, 15) is 0 Å². The zero-order valence-electron chi connectivity index (χ0n) is 13.0. The van der Waals surface area contributed by atoms with Gasteiger partial charge in [-0.3, -0.25) is 0 Å². The van der Waals surface area contributed by atoms with Crippen LogP contribution in [0.1, 0.15) is 49.3 Å². The molecule has 1 aromatic carbocycles. The fourth-order valence-electron chi connectivity index (χ4n) is 2.33. The van der Waals surface area contributed by atoms with Crippen LogP contribution in [0.15, 0.2) is 12.1 Å². The van der Waals surface area contributed by atoms with E-state index in [-0.39, 0.29) is 5.54 Å². The third kappa shape index (κ3) is 3.18. The van der Waals surface area contributed by atoms with Crippen molar-refractivity contribution in [3.8, 4) is 0 Å². The number of rotatable bonds is 3. The summed E-state index contributed by atoms with van der Waals surface area (Å²) in [5, 5.41) is 5.07. The molecule has 2 aromatic rings. The van der Waals surface area contributed by atoms with E-state index < -0.39 is 0 Å². The van der Waals surface area contributed by atoms with Gasteiger partial charge in [0.15, 0.2) is 0 Å². The predicted molar refractivity (Wildman–Crippen MR) is 87.3 cm³/mol. The maximum atomic E-state index is 3.61. The van der Waals surface area contributed by atoms with E-state index in [0.29, 0.717) is 0 Å². The Morgan fingerprint density at radius 2 is 1.74 bits per heavy atom. The molecule has 0 aliphatic carbocycles. The zero-order valence-corrected chi connectivity index (χ0v) is 13.8. The van der Waals surface area contributed by atoms with E-state index in [1.165, 1.54) is 31.7 Å². The lowest BCUT2D eigenvalue weighted by atomic mass is 10.0. The van der Waals surface area contributed by atoms with Gasteiger partial charge in [0.1, 0.15) is 0 Å². The van der Waals surface area contributed by atoms with E-state index in [1.807, 2.05) is 11.3 Å². The first-order valence-electron chi connectivity index (χ1n) is 7.08. The summed E-state index contributed by atoms with van der Waals surface area (Å²) >= 11 is 1.95. The van der Waals surface area contributed by atoms with Crippen LogP contribution in [0, 0.1) is 13.8 Å². The van der Waals surface area contributed by atoms with Gasteiger partial charge in [-0.1, -0.05) is 13.0 Å². The monoisotopic (exact) mass is 275 g/mol. The zero-order chi connectivity index (χ0) is 14.2. The van der Waals surface area contributed by atoms with Crippen LogP contribution in [0.5, 0.6) is 0 Å². The highest BCUT2D eigenvalue weighted by Gasteiger charge is 2.14. The molecule has 0 aliphatic rings. The number of fused-ring (bicyclic) bond motifs is 1. The van der Waals surface area contributed by atoms with Gasteiger partial charge in [0.25, 0.3) is 0 Å². The van der Waals surface area contributed by atoms with Crippen molar-refractivity contribution in [1.82, 2.24) is 5.32 Å². The Hall–Kier alpha value is -0.860. The van der Waals surface area contributed by atoms with Gasteiger partial charge in [-0.2, -0.15) is 0 Å². The smallest absolute Gasteiger partial charge is 0.0351 e. The molecule has 2 rings (SSSR count). The molecule has 19 heavy (non-hydrogen) atoms. The highest BCUT2D eigenvalue weighted by atomic mass is 32.1. The Labute approximate surface area is 121 Å². The molecule has 2 heteroatoms. The second-order valence-electron chi connectivity index (χ2n) is 6.39. The Morgan fingerprint density at radius 1 is 1.11 bits per heavy atom. The first-order valence-corrected chi connectivity index (χ1v) is 7.90. The summed E-state index contributed by atoms with van der Waals surface area (Å²) in [5.74, 6) is 0. The third-order valence-electron chi connectivity index (χ3n) is 3.62. The molecular formula is C17H25NS. The second kappa shape index (κ2) is 5.26. The van der Waals surface area contributed by atoms with E-state index in [0.717, 1.165) is 13.0 Å². The van der Waals surface area contributed by atoms with Gasteiger partial charge in [0.05, 0.1) is 0 Å². The Kier molecular flexibility index (Phi) is 4.03. The van der Waals surface area contributed by atoms with Crippen LogP contribution < -0.4 is 5.32 Å². The van der Waals surface area contributed by atoms with Crippen molar-refractivity contribution in [2.45, 2.75) is 60.0 Å². The standard InChI is InChI=1S/C17H25NS/c1-7-13-14-8-11(2)12(3)9-15(14)19-16(13)10-18-17(4,5)6/h8-9,18H,7,10H2,1-6H3. The van der Waals surface area contributed by atoms with Crippen LogP contribution in [0.25, 0.3) is 10.1 Å². The maximum Gasteiger partial charge on any atom is 0.0351 e. The summed E-state index contributed by atoms with van der Waals surface area (Å²) in [6.07, 6.45) is 1.11. The molecule has 104 valence electrons. The van der Waals surface area contributed by atoms with Gasteiger partial charge in [-0.15, -0.1) is 11.3 Å². The first kappa shape index (κ1) is 14.5. The van der Waals surface area contributed by atoms with E-state index in [1.54, 1.807) is 0 Å². The van der Waals surface area contributed by atoms with Crippen molar-refractivity contribution < 1.29 is 0 Å².